The minimum absolute atomic E-state index is 0.195. The van der Waals surface area contributed by atoms with E-state index in [9.17, 15) is 13.2 Å². The van der Waals surface area contributed by atoms with E-state index in [1.54, 1.807) is 0 Å². The highest BCUT2D eigenvalue weighted by Gasteiger charge is 2.32. The Morgan fingerprint density at radius 2 is 1.90 bits per heavy atom. The molecule has 1 atom stereocenters. The summed E-state index contributed by atoms with van der Waals surface area (Å²) in [6, 6.07) is 1.67. The number of nitrogens with zero attached hydrogens (tertiary/aromatic N) is 1. The van der Waals surface area contributed by atoms with Crippen LogP contribution in [0.1, 0.15) is 25.5 Å². The van der Waals surface area contributed by atoms with Gasteiger partial charge in [0.05, 0.1) is 12.2 Å². The number of benzene rings is 1. The van der Waals surface area contributed by atoms with Crippen molar-refractivity contribution in [3.8, 4) is 0 Å². The molecule has 1 aromatic rings. The van der Waals surface area contributed by atoms with Crippen molar-refractivity contribution >= 4 is 0 Å². The van der Waals surface area contributed by atoms with Crippen molar-refractivity contribution in [1.29, 1.82) is 0 Å². The molecule has 2 N–H and O–H groups in total. The standard InChI is InChI=1S/C14H19F3N2O/c1-14(2)8-19(3-4-20-14)12(7-18)9-5-10(15)13(17)11(16)6-9/h5-6,12H,3-4,7-8,18H2,1-2H3. The number of rotatable bonds is 3. The van der Waals surface area contributed by atoms with Crippen molar-refractivity contribution in [2.45, 2.75) is 25.5 Å². The number of nitrogens with two attached hydrogens (primary N) is 1. The molecular formula is C14H19F3N2O. The summed E-state index contributed by atoms with van der Waals surface area (Å²) in [5.74, 6) is -3.83. The topological polar surface area (TPSA) is 38.5 Å². The van der Waals surface area contributed by atoms with Crippen molar-refractivity contribution in [3.05, 3.63) is 35.1 Å². The SMILES string of the molecule is CC1(C)CN(C(CN)c2cc(F)c(F)c(F)c2)CCO1. The van der Waals surface area contributed by atoms with E-state index < -0.39 is 17.5 Å². The number of halogens is 3. The third kappa shape index (κ3) is 3.13. The highest BCUT2D eigenvalue weighted by molar-refractivity contribution is 5.23. The first-order chi connectivity index (χ1) is 9.34. The number of morpholine rings is 1. The fraction of sp³-hybridized carbons (Fsp3) is 0.571. The van der Waals surface area contributed by atoms with E-state index in [0.717, 1.165) is 12.1 Å². The lowest BCUT2D eigenvalue weighted by Gasteiger charge is -2.42. The molecular weight excluding hydrogens is 269 g/mol. The highest BCUT2D eigenvalue weighted by Crippen LogP contribution is 2.27. The molecule has 2 rings (SSSR count). The predicted molar refractivity (Wildman–Crippen MR) is 69.7 cm³/mol. The molecule has 20 heavy (non-hydrogen) atoms. The van der Waals surface area contributed by atoms with Gasteiger partial charge in [-0.15, -0.1) is 0 Å². The molecule has 1 aromatic carbocycles. The minimum atomic E-state index is -1.45. The van der Waals surface area contributed by atoms with Crippen LogP contribution >= 0.6 is 0 Å². The summed E-state index contributed by atoms with van der Waals surface area (Å²) in [5.41, 5.74) is 5.75. The van der Waals surface area contributed by atoms with E-state index in [1.165, 1.54) is 0 Å². The second-order valence-electron chi connectivity index (χ2n) is 5.63. The average Bonchev–Trinajstić information content (AvgIpc) is 2.35. The maximum Gasteiger partial charge on any atom is 0.194 e. The summed E-state index contributed by atoms with van der Waals surface area (Å²) >= 11 is 0. The number of ether oxygens (including phenoxy) is 1. The Balaban J connectivity index is 2.28. The van der Waals surface area contributed by atoms with E-state index in [-0.39, 0.29) is 18.2 Å². The minimum Gasteiger partial charge on any atom is -0.373 e. The molecule has 0 amide bonds. The Morgan fingerprint density at radius 3 is 2.40 bits per heavy atom. The first-order valence-electron chi connectivity index (χ1n) is 6.56. The third-order valence-electron chi connectivity index (χ3n) is 3.51. The summed E-state index contributed by atoms with van der Waals surface area (Å²) in [6.07, 6.45) is 0. The van der Waals surface area contributed by atoms with Crippen LogP contribution in [0.5, 0.6) is 0 Å². The van der Waals surface area contributed by atoms with Gasteiger partial charge in [0.25, 0.3) is 0 Å². The van der Waals surface area contributed by atoms with Gasteiger partial charge in [-0.1, -0.05) is 0 Å². The van der Waals surface area contributed by atoms with Crippen LogP contribution in [0, 0.1) is 17.5 Å². The summed E-state index contributed by atoms with van der Waals surface area (Å²) in [5, 5.41) is 0. The van der Waals surface area contributed by atoms with E-state index >= 15 is 0 Å². The molecule has 0 aromatic heterocycles. The Hall–Kier alpha value is -1.11. The monoisotopic (exact) mass is 288 g/mol. The van der Waals surface area contributed by atoms with Gasteiger partial charge in [-0.25, -0.2) is 13.2 Å². The van der Waals surface area contributed by atoms with Crippen LogP contribution in [-0.4, -0.2) is 36.7 Å². The molecule has 3 nitrogen and oxygen atoms in total. The second-order valence-corrected chi connectivity index (χ2v) is 5.63. The van der Waals surface area contributed by atoms with Crippen molar-refractivity contribution < 1.29 is 17.9 Å². The molecule has 1 unspecified atom stereocenters. The fourth-order valence-electron chi connectivity index (χ4n) is 2.58. The van der Waals surface area contributed by atoms with Crippen LogP contribution in [0.25, 0.3) is 0 Å². The lowest BCUT2D eigenvalue weighted by atomic mass is 10.0. The van der Waals surface area contributed by atoms with Crippen LogP contribution in [0.3, 0.4) is 0 Å². The van der Waals surface area contributed by atoms with Crippen LogP contribution in [-0.2, 0) is 4.74 Å². The molecule has 6 heteroatoms. The van der Waals surface area contributed by atoms with Crippen molar-refractivity contribution in [1.82, 2.24) is 4.90 Å². The summed E-state index contributed by atoms with van der Waals surface area (Å²) < 4.78 is 45.3. The Labute approximate surface area is 116 Å². The zero-order chi connectivity index (χ0) is 14.9. The third-order valence-corrected chi connectivity index (χ3v) is 3.51. The van der Waals surface area contributed by atoms with E-state index in [1.807, 2.05) is 18.7 Å². The molecule has 0 radical (unpaired) electrons. The Morgan fingerprint density at radius 1 is 1.30 bits per heavy atom. The molecule has 1 heterocycles. The molecule has 1 fully saturated rings. The summed E-state index contributed by atoms with van der Waals surface area (Å²) in [7, 11) is 0. The number of hydrogen-bond donors (Lipinski definition) is 1. The van der Waals surface area contributed by atoms with Gasteiger partial charge >= 0.3 is 0 Å². The summed E-state index contributed by atoms with van der Waals surface area (Å²) in [4.78, 5) is 2.01. The smallest absolute Gasteiger partial charge is 0.194 e. The van der Waals surface area contributed by atoms with Crippen LogP contribution in [0.15, 0.2) is 12.1 Å². The van der Waals surface area contributed by atoms with Crippen molar-refractivity contribution in [3.63, 3.8) is 0 Å². The predicted octanol–water partition coefficient (Wildman–Crippen LogP) is 2.21. The van der Waals surface area contributed by atoms with Crippen molar-refractivity contribution in [2.75, 3.05) is 26.2 Å². The quantitative estimate of drug-likeness (QED) is 0.867. The normalized spacial score (nSPS) is 20.9. The maximum absolute atomic E-state index is 13.4. The highest BCUT2D eigenvalue weighted by atomic mass is 19.2. The second kappa shape index (κ2) is 5.71. The maximum atomic E-state index is 13.4. The molecule has 0 aliphatic carbocycles. The molecule has 0 saturated carbocycles. The van der Waals surface area contributed by atoms with E-state index in [2.05, 4.69) is 0 Å². The van der Waals surface area contributed by atoms with Gasteiger partial charge in [-0.2, -0.15) is 0 Å². The molecule has 1 saturated heterocycles. The average molecular weight is 288 g/mol. The van der Waals surface area contributed by atoms with Gasteiger partial charge in [-0.3, -0.25) is 4.90 Å². The number of hydrogen-bond acceptors (Lipinski definition) is 3. The Kier molecular flexibility index (Phi) is 4.36. The largest absolute Gasteiger partial charge is 0.373 e. The first-order valence-corrected chi connectivity index (χ1v) is 6.56. The van der Waals surface area contributed by atoms with Gasteiger partial charge in [-0.05, 0) is 31.5 Å². The van der Waals surface area contributed by atoms with Crippen LogP contribution < -0.4 is 5.73 Å². The van der Waals surface area contributed by atoms with Gasteiger partial charge < -0.3 is 10.5 Å². The fourth-order valence-corrected chi connectivity index (χ4v) is 2.58. The molecule has 112 valence electrons. The Bertz CT molecular complexity index is 470. The lowest BCUT2D eigenvalue weighted by Crippen LogP contribution is -2.50. The lowest BCUT2D eigenvalue weighted by molar-refractivity contribution is -0.0967. The van der Waals surface area contributed by atoms with E-state index in [0.29, 0.717) is 25.3 Å². The van der Waals surface area contributed by atoms with Crippen LogP contribution in [0.4, 0.5) is 13.2 Å². The zero-order valence-electron chi connectivity index (χ0n) is 11.6. The van der Waals surface area contributed by atoms with E-state index in [4.69, 9.17) is 10.5 Å². The van der Waals surface area contributed by atoms with Crippen molar-refractivity contribution in [2.24, 2.45) is 5.73 Å². The summed E-state index contributed by atoms with van der Waals surface area (Å²) in [6.45, 7) is 5.81. The molecule has 1 aliphatic heterocycles. The molecule has 0 spiro atoms. The molecule has 1 aliphatic rings. The van der Waals surface area contributed by atoms with Gasteiger partial charge in [0.1, 0.15) is 0 Å². The molecule has 0 bridgehead atoms. The van der Waals surface area contributed by atoms with Crippen LogP contribution in [0.2, 0.25) is 0 Å². The first kappa shape index (κ1) is 15.3. The van der Waals surface area contributed by atoms with Gasteiger partial charge in [0.2, 0.25) is 0 Å². The van der Waals surface area contributed by atoms with Gasteiger partial charge in [0.15, 0.2) is 17.5 Å². The van der Waals surface area contributed by atoms with Gasteiger partial charge in [0, 0.05) is 25.7 Å². The zero-order valence-corrected chi connectivity index (χ0v) is 11.6.